The van der Waals surface area contributed by atoms with Gasteiger partial charge in [-0.15, -0.1) is 0 Å². The van der Waals surface area contributed by atoms with E-state index in [1.165, 1.54) is 6.07 Å². The van der Waals surface area contributed by atoms with E-state index < -0.39 is 0 Å². The molecule has 2 heterocycles. The lowest BCUT2D eigenvalue weighted by molar-refractivity contribution is 0.208. The molecular formula is C16H18N4O2. The highest BCUT2D eigenvalue weighted by atomic mass is 16.3. The SMILES string of the molecule is O=C(Nc1cccc(O)c1)N1CCN(c2ccncc2)CC1. The van der Waals surface area contributed by atoms with Crippen molar-refractivity contribution in [2.24, 2.45) is 0 Å². The van der Waals surface area contributed by atoms with Crippen molar-refractivity contribution in [3.05, 3.63) is 48.8 Å². The van der Waals surface area contributed by atoms with Crippen LogP contribution >= 0.6 is 0 Å². The predicted octanol–water partition coefficient (Wildman–Crippen LogP) is 2.14. The number of rotatable bonds is 2. The molecule has 1 aromatic heterocycles. The summed E-state index contributed by atoms with van der Waals surface area (Å²) in [6.45, 7) is 2.90. The lowest BCUT2D eigenvalue weighted by Crippen LogP contribution is -2.50. The number of phenolic OH excluding ortho intramolecular Hbond substituents is 1. The van der Waals surface area contributed by atoms with Crippen LogP contribution in [0.1, 0.15) is 0 Å². The molecule has 0 saturated carbocycles. The van der Waals surface area contributed by atoms with Gasteiger partial charge in [-0.1, -0.05) is 6.07 Å². The Balaban J connectivity index is 1.56. The van der Waals surface area contributed by atoms with Crippen molar-refractivity contribution in [3.8, 4) is 5.75 Å². The number of hydrogen-bond donors (Lipinski definition) is 2. The molecule has 6 heteroatoms. The molecule has 1 aliphatic rings. The molecule has 2 amide bonds. The number of aromatic hydroxyl groups is 1. The number of hydrogen-bond acceptors (Lipinski definition) is 4. The van der Waals surface area contributed by atoms with Gasteiger partial charge < -0.3 is 20.2 Å². The molecule has 22 heavy (non-hydrogen) atoms. The minimum absolute atomic E-state index is 0.139. The topological polar surface area (TPSA) is 68.7 Å². The monoisotopic (exact) mass is 298 g/mol. The summed E-state index contributed by atoms with van der Waals surface area (Å²) < 4.78 is 0. The van der Waals surface area contributed by atoms with Gasteiger partial charge in [-0.25, -0.2) is 4.79 Å². The Morgan fingerprint density at radius 1 is 1.09 bits per heavy atom. The van der Waals surface area contributed by atoms with Crippen molar-refractivity contribution in [2.45, 2.75) is 0 Å². The lowest BCUT2D eigenvalue weighted by atomic mass is 10.2. The predicted molar refractivity (Wildman–Crippen MR) is 85.1 cm³/mol. The Morgan fingerprint density at radius 3 is 2.50 bits per heavy atom. The van der Waals surface area contributed by atoms with Gasteiger partial charge in [0.15, 0.2) is 0 Å². The van der Waals surface area contributed by atoms with E-state index in [0.717, 1.165) is 18.8 Å². The van der Waals surface area contributed by atoms with Crippen LogP contribution in [0, 0.1) is 0 Å². The molecule has 1 aliphatic heterocycles. The van der Waals surface area contributed by atoms with Crippen LogP contribution in [0.2, 0.25) is 0 Å². The fourth-order valence-electron chi connectivity index (χ4n) is 2.51. The summed E-state index contributed by atoms with van der Waals surface area (Å²) in [6, 6.07) is 10.4. The Morgan fingerprint density at radius 2 is 1.82 bits per heavy atom. The molecular weight excluding hydrogens is 280 g/mol. The van der Waals surface area contributed by atoms with Crippen LogP contribution < -0.4 is 10.2 Å². The van der Waals surface area contributed by atoms with E-state index in [4.69, 9.17) is 0 Å². The van der Waals surface area contributed by atoms with Gasteiger partial charge in [0.2, 0.25) is 0 Å². The Bertz CT molecular complexity index is 640. The third kappa shape index (κ3) is 3.28. The molecule has 0 unspecified atom stereocenters. The van der Waals surface area contributed by atoms with Crippen LogP contribution in [0.25, 0.3) is 0 Å². The molecule has 6 nitrogen and oxygen atoms in total. The number of pyridine rings is 1. The van der Waals surface area contributed by atoms with Crippen LogP contribution in [-0.4, -0.2) is 47.2 Å². The highest BCUT2D eigenvalue weighted by molar-refractivity contribution is 5.89. The molecule has 0 radical (unpaired) electrons. The first-order valence-corrected chi connectivity index (χ1v) is 7.22. The van der Waals surface area contributed by atoms with E-state index in [1.54, 1.807) is 35.5 Å². The zero-order chi connectivity index (χ0) is 15.4. The second-order valence-corrected chi connectivity index (χ2v) is 5.16. The third-order valence-electron chi connectivity index (χ3n) is 3.69. The summed E-state index contributed by atoms with van der Waals surface area (Å²) in [7, 11) is 0. The number of carbonyl (C=O) groups is 1. The fraction of sp³-hybridized carbons (Fsp3) is 0.250. The van der Waals surface area contributed by atoms with E-state index in [0.29, 0.717) is 18.8 Å². The number of nitrogens with one attached hydrogen (secondary N) is 1. The smallest absolute Gasteiger partial charge is 0.321 e. The molecule has 2 N–H and O–H groups in total. The van der Waals surface area contributed by atoms with Crippen molar-refractivity contribution in [2.75, 3.05) is 36.4 Å². The average molecular weight is 298 g/mol. The normalized spacial score (nSPS) is 14.7. The maximum Gasteiger partial charge on any atom is 0.321 e. The van der Waals surface area contributed by atoms with Crippen LogP contribution in [0.15, 0.2) is 48.8 Å². The first kappa shape index (κ1) is 14.2. The standard InChI is InChI=1S/C16H18N4O2/c21-15-3-1-2-13(12-15)18-16(22)20-10-8-19(9-11-20)14-4-6-17-7-5-14/h1-7,12,21H,8-11H2,(H,18,22). The summed E-state index contributed by atoms with van der Waals surface area (Å²) in [6.07, 6.45) is 3.55. The van der Waals surface area contributed by atoms with Crippen molar-refractivity contribution in [3.63, 3.8) is 0 Å². The van der Waals surface area contributed by atoms with Crippen LogP contribution in [-0.2, 0) is 0 Å². The first-order chi connectivity index (χ1) is 10.7. The minimum Gasteiger partial charge on any atom is -0.508 e. The molecule has 114 valence electrons. The molecule has 3 rings (SSSR count). The number of urea groups is 1. The van der Waals surface area contributed by atoms with Crippen molar-refractivity contribution in [1.29, 1.82) is 0 Å². The number of anilines is 2. The molecule has 0 spiro atoms. The first-order valence-electron chi connectivity index (χ1n) is 7.22. The van der Waals surface area contributed by atoms with Gasteiger partial charge in [0.1, 0.15) is 5.75 Å². The molecule has 1 aromatic carbocycles. The van der Waals surface area contributed by atoms with Gasteiger partial charge in [-0.05, 0) is 24.3 Å². The van der Waals surface area contributed by atoms with Gasteiger partial charge in [-0.3, -0.25) is 4.98 Å². The molecule has 0 atom stereocenters. The van der Waals surface area contributed by atoms with E-state index in [-0.39, 0.29) is 11.8 Å². The molecule has 1 saturated heterocycles. The van der Waals surface area contributed by atoms with Crippen molar-refractivity contribution in [1.82, 2.24) is 9.88 Å². The molecule has 1 fully saturated rings. The zero-order valence-corrected chi connectivity index (χ0v) is 12.1. The number of benzene rings is 1. The molecule has 0 bridgehead atoms. The Labute approximate surface area is 129 Å². The van der Waals surface area contributed by atoms with Gasteiger partial charge in [0.25, 0.3) is 0 Å². The van der Waals surface area contributed by atoms with Gasteiger partial charge in [-0.2, -0.15) is 0 Å². The highest BCUT2D eigenvalue weighted by Crippen LogP contribution is 2.18. The summed E-state index contributed by atoms with van der Waals surface area (Å²) >= 11 is 0. The van der Waals surface area contributed by atoms with Crippen LogP contribution in [0.3, 0.4) is 0 Å². The molecule has 0 aliphatic carbocycles. The van der Waals surface area contributed by atoms with Gasteiger partial charge in [0.05, 0.1) is 0 Å². The van der Waals surface area contributed by atoms with Crippen molar-refractivity contribution >= 4 is 17.4 Å². The van der Waals surface area contributed by atoms with E-state index in [9.17, 15) is 9.90 Å². The number of piperazine rings is 1. The number of aromatic nitrogens is 1. The quantitative estimate of drug-likeness (QED) is 0.891. The Hall–Kier alpha value is -2.76. The minimum atomic E-state index is -0.139. The van der Waals surface area contributed by atoms with E-state index >= 15 is 0 Å². The average Bonchev–Trinajstić information content (AvgIpc) is 2.56. The number of nitrogens with zero attached hydrogens (tertiary/aromatic N) is 3. The summed E-state index contributed by atoms with van der Waals surface area (Å²) in [4.78, 5) is 20.3. The maximum absolute atomic E-state index is 12.2. The van der Waals surface area contributed by atoms with Gasteiger partial charge in [0, 0.05) is 56.0 Å². The number of amides is 2. The van der Waals surface area contributed by atoms with Crippen molar-refractivity contribution < 1.29 is 9.90 Å². The fourth-order valence-corrected chi connectivity index (χ4v) is 2.51. The Kier molecular flexibility index (Phi) is 4.09. The zero-order valence-electron chi connectivity index (χ0n) is 12.1. The third-order valence-corrected chi connectivity index (χ3v) is 3.69. The second-order valence-electron chi connectivity index (χ2n) is 5.16. The van der Waals surface area contributed by atoms with E-state index in [2.05, 4.69) is 15.2 Å². The lowest BCUT2D eigenvalue weighted by Gasteiger charge is -2.36. The highest BCUT2D eigenvalue weighted by Gasteiger charge is 2.21. The summed E-state index contributed by atoms with van der Waals surface area (Å²) in [5, 5.41) is 12.2. The number of carbonyl (C=O) groups excluding carboxylic acids is 1. The second kappa shape index (κ2) is 6.34. The summed E-state index contributed by atoms with van der Waals surface area (Å²) in [5.74, 6) is 0.139. The van der Waals surface area contributed by atoms with Gasteiger partial charge >= 0.3 is 6.03 Å². The summed E-state index contributed by atoms with van der Waals surface area (Å²) in [5.41, 5.74) is 1.73. The van der Waals surface area contributed by atoms with E-state index in [1.807, 2.05) is 12.1 Å². The van der Waals surface area contributed by atoms with Crippen LogP contribution in [0.4, 0.5) is 16.2 Å². The largest absolute Gasteiger partial charge is 0.508 e. The van der Waals surface area contributed by atoms with Crippen LogP contribution in [0.5, 0.6) is 5.75 Å². The number of phenols is 1. The maximum atomic E-state index is 12.2. The molecule has 2 aromatic rings.